The minimum atomic E-state index is 0.255. The van der Waals surface area contributed by atoms with Crippen LogP contribution in [0.25, 0.3) is 0 Å². The summed E-state index contributed by atoms with van der Waals surface area (Å²) in [6.07, 6.45) is 4.96. The summed E-state index contributed by atoms with van der Waals surface area (Å²) in [5.74, 6) is 0.722. The lowest BCUT2D eigenvalue weighted by atomic mass is 9.86. The van der Waals surface area contributed by atoms with Gasteiger partial charge < -0.3 is 5.32 Å². The van der Waals surface area contributed by atoms with Crippen molar-refractivity contribution in [3.63, 3.8) is 0 Å². The maximum absolute atomic E-state index is 3.68. The van der Waals surface area contributed by atoms with E-state index in [1.165, 1.54) is 36.8 Å². The third kappa shape index (κ3) is 6.65. The van der Waals surface area contributed by atoms with Crippen LogP contribution >= 0.6 is 0 Å². The lowest BCUT2D eigenvalue weighted by Gasteiger charge is -2.22. The Morgan fingerprint density at radius 1 is 1.05 bits per heavy atom. The van der Waals surface area contributed by atoms with Gasteiger partial charge in [0.1, 0.15) is 0 Å². The van der Waals surface area contributed by atoms with E-state index in [1.54, 1.807) is 0 Å². The predicted molar refractivity (Wildman–Crippen MR) is 95.0 cm³/mol. The van der Waals surface area contributed by atoms with Crippen molar-refractivity contribution in [2.24, 2.45) is 5.92 Å². The van der Waals surface area contributed by atoms with Crippen molar-refractivity contribution in [3.8, 4) is 0 Å². The molecule has 0 aliphatic carbocycles. The first kappa shape index (κ1) is 18.2. The van der Waals surface area contributed by atoms with E-state index in [2.05, 4.69) is 71.1 Å². The Kier molecular flexibility index (Phi) is 7.45. The lowest BCUT2D eigenvalue weighted by molar-refractivity contribution is 0.370. The average Bonchev–Trinajstić information content (AvgIpc) is 2.41. The van der Waals surface area contributed by atoms with Crippen LogP contribution in [-0.4, -0.2) is 12.6 Å². The Morgan fingerprint density at radius 3 is 2.14 bits per heavy atom. The molecule has 21 heavy (non-hydrogen) atoms. The van der Waals surface area contributed by atoms with Crippen molar-refractivity contribution in [3.05, 3.63) is 35.4 Å². The molecule has 120 valence electrons. The first-order valence-electron chi connectivity index (χ1n) is 8.67. The van der Waals surface area contributed by atoms with Crippen LogP contribution in [0.3, 0.4) is 0 Å². The van der Waals surface area contributed by atoms with E-state index in [9.17, 15) is 0 Å². The van der Waals surface area contributed by atoms with E-state index in [0.717, 1.165) is 12.5 Å². The van der Waals surface area contributed by atoms with E-state index in [1.807, 2.05) is 0 Å². The molecule has 0 bridgehead atoms. The van der Waals surface area contributed by atoms with Gasteiger partial charge in [0.25, 0.3) is 0 Å². The number of benzene rings is 1. The zero-order valence-electron chi connectivity index (χ0n) is 15.0. The fourth-order valence-corrected chi connectivity index (χ4v) is 2.70. The van der Waals surface area contributed by atoms with Crippen LogP contribution in [0.1, 0.15) is 71.9 Å². The zero-order valence-corrected chi connectivity index (χ0v) is 15.0. The highest BCUT2D eigenvalue weighted by Gasteiger charge is 2.14. The molecule has 0 aromatic heterocycles. The molecule has 0 radical (unpaired) electrons. The maximum atomic E-state index is 3.68. The lowest BCUT2D eigenvalue weighted by Crippen LogP contribution is -2.34. The van der Waals surface area contributed by atoms with Crippen LogP contribution in [-0.2, 0) is 11.8 Å². The average molecular weight is 290 g/mol. The van der Waals surface area contributed by atoms with Crippen molar-refractivity contribution in [2.75, 3.05) is 6.54 Å². The molecule has 0 heterocycles. The third-order valence-corrected chi connectivity index (χ3v) is 4.26. The third-order valence-electron chi connectivity index (χ3n) is 4.26. The minimum Gasteiger partial charge on any atom is -0.314 e. The molecule has 1 unspecified atom stereocenters. The van der Waals surface area contributed by atoms with Crippen LogP contribution in [0, 0.1) is 5.92 Å². The molecule has 0 spiro atoms. The zero-order chi connectivity index (χ0) is 15.9. The van der Waals surface area contributed by atoms with Crippen LogP contribution in [0.5, 0.6) is 0 Å². The van der Waals surface area contributed by atoms with Crippen LogP contribution in [0.2, 0.25) is 0 Å². The van der Waals surface area contributed by atoms with E-state index in [4.69, 9.17) is 0 Å². The van der Waals surface area contributed by atoms with E-state index < -0.39 is 0 Å². The highest BCUT2D eigenvalue weighted by molar-refractivity contribution is 5.27. The van der Waals surface area contributed by atoms with Crippen LogP contribution < -0.4 is 5.32 Å². The fraction of sp³-hybridized carbons (Fsp3) is 0.700. The van der Waals surface area contributed by atoms with Crippen molar-refractivity contribution < 1.29 is 0 Å². The quantitative estimate of drug-likeness (QED) is 0.682. The topological polar surface area (TPSA) is 12.0 Å². The second-order valence-corrected chi connectivity index (χ2v) is 7.64. The Bertz CT molecular complexity index is 383. The Hall–Kier alpha value is -0.820. The molecule has 1 nitrogen and oxygen atoms in total. The second-order valence-electron chi connectivity index (χ2n) is 7.64. The number of hydrogen-bond donors (Lipinski definition) is 1. The number of rotatable bonds is 8. The molecule has 1 aromatic rings. The van der Waals surface area contributed by atoms with Gasteiger partial charge in [-0.1, -0.05) is 65.8 Å². The normalized spacial score (nSPS) is 13.7. The van der Waals surface area contributed by atoms with Crippen molar-refractivity contribution in [1.82, 2.24) is 5.32 Å². The summed E-state index contributed by atoms with van der Waals surface area (Å²) in [6, 6.07) is 9.88. The van der Waals surface area contributed by atoms with Gasteiger partial charge in [0.15, 0.2) is 0 Å². The van der Waals surface area contributed by atoms with E-state index in [0.29, 0.717) is 6.04 Å². The van der Waals surface area contributed by atoms with Crippen LogP contribution in [0.4, 0.5) is 0 Å². The smallest absolute Gasteiger partial charge is 0.00901 e. The Morgan fingerprint density at radius 2 is 1.67 bits per heavy atom. The molecule has 0 amide bonds. The maximum Gasteiger partial charge on any atom is 0.00901 e. The molecule has 0 saturated heterocycles. The van der Waals surface area contributed by atoms with E-state index >= 15 is 0 Å². The Balaban J connectivity index is 2.44. The first-order chi connectivity index (χ1) is 9.84. The van der Waals surface area contributed by atoms with Crippen molar-refractivity contribution in [2.45, 2.75) is 78.7 Å². The molecular formula is C20H35N. The SMILES string of the molecule is CCCNC(CCCc1ccc(C(C)(C)C)cc1)C(C)C. The minimum absolute atomic E-state index is 0.255. The number of nitrogens with one attached hydrogen (secondary N) is 1. The monoisotopic (exact) mass is 289 g/mol. The summed E-state index contributed by atoms with van der Waals surface area (Å²) in [6.45, 7) is 14.8. The largest absolute Gasteiger partial charge is 0.314 e. The highest BCUT2D eigenvalue weighted by Crippen LogP contribution is 2.22. The first-order valence-corrected chi connectivity index (χ1v) is 8.67. The predicted octanol–water partition coefficient (Wildman–Crippen LogP) is 5.33. The Labute approximate surface area is 132 Å². The van der Waals surface area contributed by atoms with Gasteiger partial charge in [-0.05, 0) is 54.7 Å². The van der Waals surface area contributed by atoms with Gasteiger partial charge >= 0.3 is 0 Å². The molecule has 1 atom stereocenters. The molecule has 0 saturated carbocycles. The highest BCUT2D eigenvalue weighted by atomic mass is 14.9. The molecular weight excluding hydrogens is 254 g/mol. The number of hydrogen-bond acceptors (Lipinski definition) is 1. The fourth-order valence-electron chi connectivity index (χ4n) is 2.70. The summed E-state index contributed by atoms with van der Waals surface area (Å²) in [5.41, 5.74) is 3.16. The van der Waals surface area contributed by atoms with Gasteiger partial charge in [-0.3, -0.25) is 0 Å². The van der Waals surface area contributed by atoms with Gasteiger partial charge in [-0.2, -0.15) is 0 Å². The molecule has 1 aromatic carbocycles. The van der Waals surface area contributed by atoms with Crippen LogP contribution in [0.15, 0.2) is 24.3 Å². The summed E-state index contributed by atoms with van der Waals surface area (Å²) < 4.78 is 0. The molecule has 1 N–H and O–H groups in total. The molecule has 1 rings (SSSR count). The summed E-state index contributed by atoms with van der Waals surface area (Å²) in [4.78, 5) is 0. The second kappa shape index (κ2) is 8.58. The number of aryl methyl sites for hydroxylation is 1. The molecule has 0 fully saturated rings. The molecule has 0 aliphatic heterocycles. The summed E-state index contributed by atoms with van der Waals surface area (Å²) in [5, 5.41) is 3.68. The summed E-state index contributed by atoms with van der Waals surface area (Å²) in [7, 11) is 0. The molecule has 1 heteroatoms. The molecule has 0 aliphatic rings. The van der Waals surface area contributed by atoms with Gasteiger partial charge in [0, 0.05) is 6.04 Å². The standard InChI is InChI=1S/C20H35N/c1-7-15-21-19(16(2)3)10-8-9-17-11-13-18(14-12-17)20(4,5)6/h11-14,16,19,21H,7-10,15H2,1-6H3. The van der Waals surface area contributed by atoms with Gasteiger partial charge in [-0.25, -0.2) is 0 Å². The summed E-state index contributed by atoms with van der Waals surface area (Å²) >= 11 is 0. The van der Waals surface area contributed by atoms with Gasteiger partial charge in [-0.15, -0.1) is 0 Å². The van der Waals surface area contributed by atoms with Gasteiger partial charge in [0.2, 0.25) is 0 Å². The van der Waals surface area contributed by atoms with Gasteiger partial charge in [0.05, 0.1) is 0 Å². The van der Waals surface area contributed by atoms with Crippen molar-refractivity contribution >= 4 is 0 Å². The van der Waals surface area contributed by atoms with E-state index in [-0.39, 0.29) is 5.41 Å². The van der Waals surface area contributed by atoms with Crippen molar-refractivity contribution in [1.29, 1.82) is 0 Å².